The lowest BCUT2D eigenvalue weighted by Gasteiger charge is -2.08. The van der Waals surface area contributed by atoms with Crippen LogP contribution in [0.25, 0.3) is 10.7 Å². The first kappa shape index (κ1) is 15.7. The minimum atomic E-state index is -0.119. The van der Waals surface area contributed by atoms with Gasteiger partial charge in [0.2, 0.25) is 17.6 Å². The second-order valence-corrected chi connectivity index (χ2v) is 6.38. The van der Waals surface area contributed by atoms with Gasteiger partial charge in [-0.3, -0.25) is 4.79 Å². The molecule has 0 aliphatic carbocycles. The number of anilines is 1. The Hall–Kier alpha value is -2.18. The van der Waals surface area contributed by atoms with E-state index in [2.05, 4.69) is 15.5 Å². The number of aryl methyl sites for hydroxylation is 2. The standard InChI is InChI=1S/C16H14ClN3O2S/c1-10-4-5-11(17)9-12(10)18-14(21)6-7-15-19-16(20-22-15)13-3-2-8-23-13/h2-5,8-9H,6-7H2,1H3,(H,18,21). The number of halogens is 1. The molecule has 0 saturated heterocycles. The molecular weight excluding hydrogens is 334 g/mol. The first-order valence-corrected chi connectivity index (χ1v) is 8.30. The summed E-state index contributed by atoms with van der Waals surface area (Å²) in [5.74, 6) is 0.888. The van der Waals surface area contributed by atoms with Crippen LogP contribution in [0.4, 0.5) is 5.69 Å². The van der Waals surface area contributed by atoms with Crippen LogP contribution < -0.4 is 5.32 Å². The van der Waals surface area contributed by atoms with Crippen LogP contribution in [0.1, 0.15) is 17.9 Å². The van der Waals surface area contributed by atoms with Crippen molar-refractivity contribution in [1.82, 2.24) is 10.1 Å². The normalized spacial score (nSPS) is 10.7. The molecule has 0 spiro atoms. The fourth-order valence-electron chi connectivity index (χ4n) is 2.02. The SMILES string of the molecule is Cc1ccc(Cl)cc1NC(=O)CCc1nc(-c2cccs2)no1. The summed E-state index contributed by atoms with van der Waals surface area (Å²) in [6.45, 7) is 1.91. The van der Waals surface area contributed by atoms with Gasteiger partial charge >= 0.3 is 0 Å². The van der Waals surface area contributed by atoms with Gasteiger partial charge in [-0.2, -0.15) is 4.98 Å². The van der Waals surface area contributed by atoms with Gasteiger partial charge in [0.15, 0.2) is 0 Å². The Morgan fingerprint density at radius 2 is 2.26 bits per heavy atom. The van der Waals surface area contributed by atoms with E-state index in [0.717, 1.165) is 10.4 Å². The van der Waals surface area contributed by atoms with Gasteiger partial charge in [-0.25, -0.2) is 0 Å². The predicted octanol–water partition coefficient (Wildman–Crippen LogP) is 4.33. The number of amides is 1. The lowest BCUT2D eigenvalue weighted by Crippen LogP contribution is -2.13. The zero-order valence-electron chi connectivity index (χ0n) is 12.4. The van der Waals surface area contributed by atoms with Crippen molar-refractivity contribution in [2.75, 3.05) is 5.32 Å². The summed E-state index contributed by atoms with van der Waals surface area (Å²) in [6.07, 6.45) is 0.655. The quantitative estimate of drug-likeness (QED) is 0.745. The molecule has 0 bridgehead atoms. The number of rotatable bonds is 5. The maximum Gasteiger partial charge on any atom is 0.227 e. The van der Waals surface area contributed by atoms with Gasteiger partial charge in [-0.05, 0) is 36.1 Å². The lowest BCUT2D eigenvalue weighted by atomic mass is 10.2. The second-order valence-electron chi connectivity index (χ2n) is 5.00. The van der Waals surface area contributed by atoms with Gasteiger partial charge in [-0.1, -0.05) is 28.9 Å². The van der Waals surface area contributed by atoms with Crippen LogP contribution >= 0.6 is 22.9 Å². The van der Waals surface area contributed by atoms with Crippen LogP contribution in [0.3, 0.4) is 0 Å². The first-order valence-electron chi connectivity index (χ1n) is 7.04. The fraction of sp³-hybridized carbons (Fsp3) is 0.188. The number of carbonyl (C=O) groups excluding carboxylic acids is 1. The summed E-state index contributed by atoms with van der Waals surface area (Å²) < 4.78 is 5.18. The number of benzene rings is 1. The van der Waals surface area contributed by atoms with E-state index in [1.807, 2.05) is 30.5 Å². The van der Waals surface area contributed by atoms with E-state index < -0.39 is 0 Å². The zero-order valence-corrected chi connectivity index (χ0v) is 13.9. The van der Waals surface area contributed by atoms with Crippen LogP contribution in [0.5, 0.6) is 0 Å². The van der Waals surface area contributed by atoms with Gasteiger partial charge in [-0.15, -0.1) is 11.3 Å². The van der Waals surface area contributed by atoms with Crippen LogP contribution in [0.15, 0.2) is 40.2 Å². The summed E-state index contributed by atoms with van der Waals surface area (Å²) in [6, 6.07) is 9.24. The first-order chi connectivity index (χ1) is 11.1. The second kappa shape index (κ2) is 6.93. The van der Waals surface area contributed by atoms with Crippen molar-refractivity contribution in [3.63, 3.8) is 0 Å². The van der Waals surface area contributed by atoms with E-state index in [0.29, 0.717) is 28.8 Å². The third kappa shape index (κ3) is 3.97. The third-order valence-corrected chi connectivity index (χ3v) is 4.35. The van der Waals surface area contributed by atoms with E-state index in [9.17, 15) is 4.79 Å². The Bertz CT molecular complexity index is 815. The maximum absolute atomic E-state index is 12.0. The molecule has 23 heavy (non-hydrogen) atoms. The number of hydrogen-bond acceptors (Lipinski definition) is 5. The lowest BCUT2D eigenvalue weighted by molar-refractivity contribution is -0.116. The van der Waals surface area contributed by atoms with Crippen molar-refractivity contribution < 1.29 is 9.32 Å². The van der Waals surface area contributed by atoms with Crippen LogP contribution in [-0.4, -0.2) is 16.0 Å². The summed E-state index contributed by atoms with van der Waals surface area (Å²) in [4.78, 5) is 17.3. The van der Waals surface area contributed by atoms with Gasteiger partial charge in [0.25, 0.3) is 0 Å². The van der Waals surface area contributed by atoms with Gasteiger partial charge in [0, 0.05) is 23.6 Å². The monoisotopic (exact) mass is 347 g/mol. The fourth-order valence-corrected chi connectivity index (χ4v) is 2.85. The van der Waals surface area contributed by atoms with Crippen LogP contribution in [0, 0.1) is 6.92 Å². The molecule has 0 unspecified atom stereocenters. The molecular formula is C16H14ClN3O2S. The Morgan fingerprint density at radius 3 is 3.04 bits per heavy atom. The molecule has 1 N–H and O–H groups in total. The highest BCUT2D eigenvalue weighted by atomic mass is 35.5. The Labute approximate surface area is 142 Å². The van der Waals surface area contributed by atoms with E-state index in [4.69, 9.17) is 16.1 Å². The molecule has 5 nitrogen and oxygen atoms in total. The number of thiophene rings is 1. The number of aromatic nitrogens is 2. The Kier molecular flexibility index (Phi) is 4.73. The third-order valence-electron chi connectivity index (χ3n) is 3.25. The summed E-state index contributed by atoms with van der Waals surface area (Å²) >= 11 is 7.48. The molecule has 1 amide bonds. The molecule has 2 aromatic heterocycles. The molecule has 118 valence electrons. The van der Waals surface area contributed by atoms with Gasteiger partial charge in [0.05, 0.1) is 4.88 Å². The predicted molar refractivity (Wildman–Crippen MR) is 90.8 cm³/mol. The van der Waals surface area contributed by atoms with E-state index >= 15 is 0 Å². The highest BCUT2D eigenvalue weighted by molar-refractivity contribution is 7.13. The number of nitrogens with one attached hydrogen (secondary N) is 1. The summed E-state index contributed by atoms with van der Waals surface area (Å²) in [7, 11) is 0. The molecule has 0 fully saturated rings. The molecule has 3 rings (SSSR count). The maximum atomic E-state index is 12.0. The van der Waals surface area contributed by atoms with Crippen molar-refractivity contribution in [2.24, 2.45) is 0 Å². The molecule has 0 saturated carbocycles. The van der Waals surface area contributed by atoms with Crippen LogP contribution in [0.2, 0.25) is 5.02 Å². The van der Waals surface area contributed by atoms with E-state index in [1.54, 1.807) is 23.5 Å². The molecule has 1 aromatic carbocycles. The molecule has 0 aliphatic heterocycles. The molecule has 0 aliphatic rings. The minimum Gasteiger partial charge on any atom is -0.339 e. The molecule has 0 radical (unpaired) electrons. The molecule has 2 heterocycles. The van der Waals surface area contributed by atoms with Crippen molar-refractivity contribution in [2.45, 2.75) is 19.8 Å². The minimum absolute atomic E-state index is 0.119. The van der Waals surface area contributed by atoms with E-state index in [-0.39, 0.29) is 12.3 Å². The highest BCUT2D eigenvalue weighted by Crippen LogP contribution is 2.22. The molecule has 7 heteroatoms. The number of carbonyl (C=O) groups is 1. The van der Waals surface area contributed by atoms with Crippen molar-refractivity contribution in [3.8, 4) is 10.7 Å². The number of nitrogens with zero attached hydrogens (tertiary/aromatic N) is 2. The smallest absolute Gasteiger partial charge is 0.227 e. The largest absolute Gasteiger partial charge is 0.339 e. The van der Waals surface area contributed by atoms with Crippen molar-refractivity contribution >= 4 is 34.5 Å². The van der Waals surface area contributed by atoms with Gasteiger partial charge in [0.1, 0.15) is 0 Å². The summed E-state index contributed by atoms with van der Waals surface area (Å²) in [5.41, 5.74) is 1.67. The highest BCUT2D eigenvalue weighted by Gasteiger charge is 2.12. The average molecular weight is 348 g/mol. The molecule has 0 atom stereocenters. The Balaban J connectivity index is 1.58. The van der Waals surface area contributed by atoms with Crippen molar-refractivity contribution in [1.29, 1.82) is 0 Å². The van der Waals surface area contributed by atoms with Crippen LogP contribution in [-0.2, 0) is 11.2 Å². The zero-order chi connectivity index (χ0) is 16.2. The van der Waals surface area contributed by atoms with Gasteiger partial charge < -0.3 is 9.84 Å². The summed E-state index contributed by atoms with van der Waals surface area (Å²) in [5, 5.41) is 9.30. The van der Waals surface area contributed by atoms with Crippen molar-refractivity contribution in [3.05, 3.63) is 52.2 Å². The number of hydrogen-bond donors (Lipinski definition) is 1. The van der Waals surface area contributed by atoms with E-state index in [1.165, 1.54) is 0 Å². The Morgan fingerprint density at radius 1 is 1.39 bits per heavy atom. The average Bonchev–Trinajstić information content (AvgIpc) is 3.19. The molecule has 3 aromatic rings. The topological polar surface area (TPSA) is 68.0 Å².